The summed E-state index contributed by atoms with van der Waals surface area (Å²) >= 11 is 12.1. The highest BCUT2D eigenvalue weighted by Gasteiger charge is 2.32. The largest absolute Gasteiger partial charge is 0.350 e. The minimum atomic E-state index is -0.264. The molecule has 0 aliphatic carbocycles. The van der Waals surface area contributed by atoms with Gasteiger partial charge in [0.25, 0.3) is 5.91 Å². The van der Waals surface area contributed by atoms with Crippen molar-refractivity contribution in [3.05, 3.63) is 69.7 Å². The van der Waals surface area contributed by atoms with Gasteiger partial charge in [-0.3, -0.25) is 9.59 Å². The molecule has 4 rings (SSSR count). The van der Waals surface area contributed by atoms with Crippen LogP contribution in [0, 0.1) is 0 Å². The van der Waals surface area contributed by atoms with Crippen LogP contribution < -0.4 is 10.6 Å². The number of rotatable bonds is 10. The molecular weight excluding hydrogens is 519 g/mol. The van der Waals surface area contributed by atoms with Crippen LogP contribution in [0.1, 0.15) is 67.3 Å². The first-order chi connectivity index (χ1) is 18.4. The number of hydrogen-bond acceptors (Lipinski definition) is 4. The Balaban J connectivity index is 1.43. The number of hydrogen-bond donors (Lipinski definition) is 2. The predicted octanol–water partition coefficient (Wildman–Crippen LogP) is 5.35. The van der Waals surface area contributed by atoms with E-state index in [1.54, 1.807) is 18.2 Å². The minimum Gasteiger partial charge on any atom is -0.350 e. The van der Waals surface area contributed by atoms with Gasteiger partial charge < -0.3 is 20.4 Å². The predicted molar refractivity (Wildman–Crippen MR) is 155 cm³/mol. The molecule has 0 radical (unpaired) electrons. The lowest BCUT2D eigenvalue weighted by molar-refractivity contribution is -0.133. The molecular formula is C30H40Cl2N4O2. The molecule has 38 heavy (non-hydrogen) atoms. The van der Waals surface area contributed by atoms with Crippen molar-refractivity contribution in [2.75, 3.05) is 39.3 Å². The Morgan fingerprint density at radius 1 is 1.05 bits per heavy atom. The fourth-order valence-electron chi connectivity index (χ4n) is 5.54. The Labute approximate surface area is 237 Å². The van der Waals surface area contributed by atoms with E-state index in [0.29, 0.717) is 41.2 Å². The first-order valence-corrected chi connectivity index (χ1v) is 14.8. The van der Waals surface area contributed by atoms with Crippen molar-refractivity contribution in [2.45, 2.75) is 63.5 Å². The van der Waals surface area contributed by atoms with Crippen molar-refractivity contribution in [1.29, 1.82) is 0 Å². The quantitative estimate of drug-likeness (QED) is 0.412. The van der Waals surface area contributed by atoms with Crippen LogP contribution >= 0.6 is 23.2 Å². The van der Waals surface area contributed by atoms with Gasteiger partial charge in [-0.05, 0) is 69.0 Å². The maximum atomic E-state index is 13.8. The highest BCUT2D eigenvalue weighted by Crippen LogP contribution is 2.24. The van der Waals surface area contributed by atoms with Crippen molar-refractivity contribution >= 4 is 35.0 Å². The molecule has 2 aromatic rings. The van der Waals surface area contributed by atoms with Crippen LogP contribution in [0.4, 0.5) is 0 Å². The summed E-state index contributed by atoms with van der Waals surface area (Å²) in [4.78, 5) is 31.1. The maximum absolute atomic E-state index is 13.8. The van der Waals surface area contributed by atoms with E-state index < -0.39 is 0 Å². The van der Waals surface area contributed by atoms with Gasteiger partial charge in [-0.2, -0.15) is 0 Å². The smallest absolute Gasteiger partial charge is 0.251 e. The lowest BCUT2D eigenvalue weighted by Gasteiger charge is -2.31. The molecule has 0 spiro atoms. The molecule has 206 valence electrons. The number of carbonyl (C=O) groups is 2. The number of nitrogens with one attached hydrogen (secondary N) is 2. The van der Waals surface area contributed by atoms with Gasteiger partial charge in [-0.15, -0.1) is 0 Å². The average molecular weight is 560 g/mol. The van der Waals surface area contributed by atoms with E-state index in [-0.39, 0.29) is 23.9 Å². The first kappa shape index (κ1) is 28.9. The molecule has 2 heterocycles. The SMILES string of the molecule is CC[C@H](CN1CC[C@@H](CNC(=O)c2ccc(Cl)c(Cl)c2)N[C@@H](CCN2CCCCC2)C1=O)c1ccccc1. The Morgan fingerprint density at radius 3 is 2.53 bits per heavy atom. The first-order valence-electron chi connectivity index (χ1n) is 14.0. The Morgan fingerprint density at radius 2 is 1.82 bits per heavy atom. The van der Waals surface area contributed by atoms with E-state index in [2.05, 4.69) is 51.6 Å². The molecule has 2 aliphatic heterocycles. The number of nitrogens with zero attached hydrogens (tertiary/aromatic N) is 2. The van der Waals surface area contributed by atoms with Crippen LogP contribution in [-0.4, -0.2) is 73.0 Å². The van der Waals surface area contributed by atoms with E-state index in [9.17, 15) is 9.59 Å². The van der Waals surface area contributed by atoms with E-state index in [1.165, 1.54) is 24.8 Å². The molecule has 8 heteroatoms. The van der Waals surface area contributed by atoms with Gasteiger partial charge in [0.05, 0.1) is 16.1 Å². The lowest BCUT2D eigenvalue weighted by atomic mass is 9.95. The molecule has 0 saturated carbocycles. The highest BCUT2D eigenvalue weighted by atomic mass is 35.5. The van der Waals surface area contributed by atoms with Crippen molar-refractivity contribution in [3.63, 3.8) is 0 Å². The third-order valence-electron chi connectivity index (χ3n) is 7.87. The number of piperidine rings is 1. The Kier molecular flexibility index (Phi) is 10.9. The number of benzene rings is 2. The second-order valence-electron chi connectivity index (χ2n) is 10.5. The monoisotopic (exact) mass is 558 g/mol. The van der Waals surface area contributed by atoms with Gasteiger partial charge in [-0.1, -0.05) is 66.9 Å². The molecule has 0 aromatic heterocycles. The highest BCUT2D eigenvalue weighted by molar-refractivity contribution is 6.42. The molecule has 0 unspecified atom stereocenters. The summed E-state index contributed by atoms with van der Waals surface area (Å²) in [6, 6.07) is 15.1. The number of carbonyl (C=O) groups excluding carboxylic acids is 2. The summed E-state index contributed by atoms with van der Waals surface area (Å²) in [6.45, 7) is 7.14. The average Bonchev–Trinajstić information content (AvgIpc) is 3.09. The molecule has 0 bridgehead atoms. The fourth-order valence-corrected chi connectivity index (χ4v) is 5.84. The van der Waals surface area contributed by atoms with Crippen molar-refractivity contribution in [3.8, 4) is 0 Å². The maximum Gasteiger partial charge on any atom is 0.251 e. The summed E-state index contributed by atoms with van der Waals surface area (Å²) in [5, 5.41) is 7.42. The number of halogens is 2. The second-order valence-corrected chi connectivity index (χ2v) is 11.3. The van der Waals surface area contributed by atoms with Crippen molar-refractivity contribution < 1.29 is 9.59 Å². The Bertz CT molecular complexity index is 1060. The topological polar surface area (TPSA) is 64.7 Å². The van der Waals surface area contributed by atoms with Crippen LogP contribution in [0.5, 0.6) is 0 Å². The number of amides is 2. The molecule has 3 atom stereocenters. The number of likely N-dealkylation sites (tertiary alicyclic amines) is 1. The van der Waals surface area contributed by atoms with Crippen LogP contribution in [0.15, 0.2) is 48.5 Å². The Hall–Kier alpha value is -2.12. The summed E-state index contributed by atoms with van der Waals surface area (Å²) < 4.78 is 0. The standard InChI is InChI=1S/C30H40Cl2N4O2/c1-2-22(23-9-5-3-6-10-23)21-36-18-13-25(20-33-29(37)24-11-12-26(31)27(32)19-24)34-28(30(36)38)14-17-35-15-7-4-8-16-35/h3,5-6,9-12,19,22,25,28,34H,2,4,7-8,13-18,20-21H2,1H3,(H,33,37)/t22-,25+,28+/m1/s1. The van der Waals surface area contributed by atoms with Gasteiger partial charge in [-0.25, -0.2) is 0 Å². The van der Waals surface area contributed by atoms with Crippen LogP contribution in [-0.2, 0) is 4.79 Å². The van der Waals surface area contributed by atoms with Gasteiger partial charge in [0.15, 0.2) is 0 Å². The van der Waals surface area contributed by atoms with Crippen LogP contribution in [0.25, 0.3) is 0 Å². The molecule has 2 N–H and O–H groups in total. The molecule has 2 amide bonds. The van der Waals surface area contributed by atoms with E-state index >= 15 is 0 Å². The summed E-state index contributed by atoms with van der Waals surface area (Å²) in [5.41, 5.74) is 1.75. The van der Waals surface area contributed by atoms with Gasteiger partial charge in [0, 0.05) is 43.7 Å². The summed E-state index contributed by atoms with van der Waals surface area (Å²) in [6.07, 6.45) is 6.29. The zero-order valence-corrected chi connectivity index (χ0v) is 23.8. The zero-order chi connectivity index (χ0) is 26.9. The zero-order valence-electron chi connectivity index (χ0n) is 22.3. The van der Waals surface area contributed by atoms with E-state index in [0.717, 1.165) is 38.9 Å². The molecule has 2 saturated heterocycles. The molecule has 2 aromatic carbocycles. The fraction of sp³-hybridized carbons (Fsp3) is 0.533. The van der Waals surface area contributed by atoms with Crippen molar-refractivity contribution in [1.82, 2.24) is 20.4 Å². The van der Waals surface area contributed by atoms with E-state index in [1.807, 2.05) is 6.07 Å². The third kappa shape index (κ3) is 7.95. The third-order valence-corrected chi connectivity index (χ3v) is 8.61. The second kappa shape index (κ2) is 14.3. The van der Waals surface area contributed by atoms with Crippen molar-refractivity contribution in [2.24, 2.45) is 0 Å². The summed E-state index contributed by atoms with van der Waals surface area (Å²) in [7, 11) is 0. The van der Waals surface area contributed by atoms with E-state index in [4.69, 9.17) is 23.2 Å². The van der Waals surface area contributed by atoms with Crippen LogP contribution in [0.3, 0.4) is 0 Å². The molecule has 2 fully saturated rings. The van der Waals surface area contributed by atoms with Gasteiger partial charge in [0.1, 0.15) is 0 Å². The summed E-state index contributed by atoms with van der Waals surface area (Å²) in [5.74, 6) is 0.279. The molecule has 2 aliphatic rings. The van der Waals surface area contributed by atoms with Gasteiger partial charge in [0.2, 0.25) is 5.91 Å². The van der Waals surface area contributed by atoms with Crippen LogP contribution in [0.2, 0.25) is 10.0 Å². The lowest BCUT2D eigenvalue weighted by Crippen LogP contribution is -2.50. The normalized spacial score (nSPS) is 21.7. The van der Waals surface area contributed by atoms with Gasteiger partial charge >= 0.3 is 0 Å². The minimum absolute atomic E-state index is 0.00108. The molecule has 6 nitrogen and oxygen atoms in total.